The van der Waals surface area contributed by atoms with E-state index in [1.807, 2.05) is 0 Å². The standard InChI is InChI=1S/C10H14N2O3S/c1-15-10-5-2-4-9(8-10)12-7-3-6-11-16(12,13)14/h2,4-5,8,11H,3,6-7H2,1H3. The van der Waals surface area contributed by atoms with Crippen LogP contribution in [0.15, 0.2) is 24.3 Å². The van der Waals surface area contributed by atoms with Gasteiger partial charge in [-0.2, -0.15) is 13.1 Å². The predicted octanol–water partition coefficient (Wildman–Crippen LogP) is 0.740. The van der Waals surface area contributed by atoms with Crippen LogP contribution >= 0.6 is 0 Å². The lowest BCUT2D eigenvalue weighted by Gasteiger charge is -2.28. The Labute approximate surface area is 95.2 Å². The fourth-order valence-corrected chi connectivity index (χ4v) is 2.97. The Kier molecular flexibility index (Phi) is 3.02. The van der Waals surface area contributed by atoms with Crippen LogP contribution < -0.4 is 13.8 Å². The topological polar surface area (TPSA) is 58.6 Å². The molecule has 0 saturated carbocycles. The van der Waals surface area contributed by atoms with Crippen molar-refractivity contribution >= 4 is 15.9 Å². The predicted molar refractivity (Wildman–Crippen MR) is 61.9 cm³/mol. The molecule has 1 aliphatic rings. The first kappa shape index (κ1) is 11.2. The average molecular weight is 242 g/mol. The Morgan fingerprint density at radius 2 is 2.25 bits per heavy atom. The third-order valence-corrected chi connectivity index (χ3v) is 4.00. The average Bonchev–Trinajstić information content (AvgIpc) is 2.28. The molecule has 1 fully saturated rings. The molecule has 0 spiro atoms. The Morgan fingerprint density at radius 3 is 2.94 bits per heavy atom. The van der Waals surface area contributed by atoms with Gasteiger partial charge in [-0.1, -0.05) is 6.07 Å². The highest BCUT2D eigenvalue weighted by Crippen LogP contribution is 2.24. The first-order valence-corrected chi connectivity index (χ1v) is 6.49. The van der Waals surface area contributed by atoms with Crippen LogP contribution in [0.5, 0.6) is 5.75 Å². The molecule has 0 amide bonds. The Balaban J connectivity index is 2.35. The molecule has 6 heteroatoms. The first-order valence-electron chi connectivity index (χ1n) is 5.05. The van der Waals surface area contributed by atoms with Gasteiger partial charge >= 0.3 is 10.2 Å². The lowest BCUT2D eigenvalue weighted by molar-refractivity contribution is 0.415. The van der Waals surface area contributed by atoms with Gasteiger partial charge in [0.25, 0.3) is 0 Å². The minimum Gasteiger partial charge on any atom is -0.497 e. The number of benzene rings is 1. The lowest BCUT2D eigenvalue weighted by atomic mass is 10.3. The summed E-state index contributed by atoms with van der Waals surface area (Å²) in [7, 11) is -1.82. The maximum Gasteiger partial charge on any atom is 0.301 e. The number of ether oxygens (including phenoxy) is 1. The fourth-order valence-electron chi connectivity index (χ4n) is 1.66. The molecule has 0 atom stereocenters. The summed E-state index contributed by atoms with van der Waals surface area (Å²) in [5.74, 6) is 0.651. The van der Waals surface area contributed by atoms with Crippen molar-refractivity contribution in [2.75, 3.05) is 24.5 Å². The molecule has 1 N–H and O–H groups in total. The van der Waals surface area contributed by atoms with E-state index in [1.54, 1.807) is 31.4 Å². The van der Waals surface area contributed by atoms with E-state index in [2.05, 4.69) is 4.72 Å². The molecule has 16 heavy (non-hydrogen) atoms. The smallest absolute Gasteiger partial charge is 0.301 e. The molecule has 0 aromatic heterocycles. The molecule has 2 rings (SSSR count). The van der Waals surface area contributed by atoms with E-state index in [0.29, 0.717) is 24.5 Å². The molecule has 0 bridgehead atoms. The fraction of sp³-hybridized carbons (Fsp3) is 0.400. The van der Waals surface area contributed by atoms with Crippen molar-refractivity contribution in [1.82, 2.24) is 4.72 Å². The number of nitrogens with one attached hydrogen (secondary N) is 1. The van der Waals surface area contributed by atoms with Gasteiger partial charge in [-0.3, -0.25) is 4.31 Å². The minimum atomic E-state index is -3.37. The van der Waals surface area contributed by atoms with Crippen molar-refractivity contribution in [1.29, 1.82) is 0 Å². The van der Waals surface area contributed by atoms with E-state index < -0.39 is 10.2 Å². The van der Waals surface area contributed by atoms with Gasteiger partial charge in [0, 0.05) is 19.2 Å². The number of anilines is 1. The van der Waals surface area contributed by atoms with Crippen molar-refractivity contribution in [3.63, 3.8) is 0 Å². The molecule has 1 heterocycles. The highest BCUT2D eigenvalue weighted by Gasteiger charge is 2.25. The largest absolute Gasteiger partial charge is 0.497 e. The van der Waals surface area contributed by atoms with Crippen LogP contribution in [0.4, 0.5) is 5.69 Å². The van der Waals surface area contributed by atoms with Gasteiger partial charge in [0.2, 0.25) is 0 Å². The van der Waals surface area contributed by atoms with E-state index in [-0.39, 0.29) is 0 Å². The number of methoxy groups -OCH3 is 1. The van der Waals surface area contributed by atoms with Gasteiger partial charge < -0.3 is 4.74 Å². The van der Waals surface area contributed by atoms with E-state index in [9.17, 15) is 8.42 Å². The van der Waals surface area contributed by atoms with Crippen LogP contribution in [0.25, 0.3) is 0 Å². The van der Waals surface area contributed by atoms with Crippen molar-refractivity contribution in [3.8, 4) is 5.75 Å². The first-order chi connectivity index (χ1) is 7.63. The van der Waals surface area contributed by atoms with Gasteiger partial charge in [-0.25, -0.2) is 0 Å². The van der Waals surface area contributed by atoms with Crippen LogP contribution in [0.2, 0.25) is 0 Å². The summed E-state index contributed by atoms with van der Waals surface area (Å²) in [5.41, 5.74) is 0.631. The SMILES string of the molecule is COc1cccc(N2CCCNS2(=O)=O)c1. The normalized spacial score (nSPS) is 19.4. The lowest BCUT2D eigenvalue weighted by Crippen LogP contribution is -2.47. The van der Waals surface area contributed by atoms with Crippen LogP contribution in [0.1, 0.15) is 6.42 Å². The molecule has 88 valence electrons. The second kappa shape index (κ2) is 4.31. The molecular formula is C10H14N2O3S. The maximum absolute atomic E-state index is 11.8. The highest BCUT2D eigenvalue weighted by atomic mass is 32.2. The van der Waals surface area contributed by atoms with Crippen molar-refractivity contribution in [2.45, 2.75) is 6.42 Å². The van der Waals surface area contributed by atoms with E-state index >= 15 is 0 Å². The molecule has 0 radical (unpaired) electrons. The van der Waals surface area contributed by atoms with Crippen molar-refractivity contribution in [3.05, 3.63) is 24.3 Å². The van der Waals surface area contributed by atoms with Gasteiger partial charge in [0.1, 0.15) is 5.75 Å². The van der Waals surface area contributed by atoms with Gasteiger partial charge in [0.15, 0.2) is 0 Å². The summed E-state index contributed by atoms with van der Waals surface area (Å²) in [6.45, 7) is 1.01. The molecule has 1 aromatic rings. The summed E-state index contributed by atoms with van der Waals surface area (Å²) in [6, 6.07) is 7.03. The molecule has 1 saturated heterocycles. The minimum absolute atomic E-state index is 0.502. The van der Waals surface area contributed by atoms with E-state index in [1.165, 1.54) is 4.31 Å². The molecule has 0 unspecified atom stereocenters. The van der Waals surface area contributed by atoms with Gasteiger partial charge in [-0.05, 0) is 18.6 Å². The van der Waals surface area contributed by atoms with Crippen LogP contribution in [-0.2, 0) is 10.2 Å². The number of rotatable bonds is 2. The zero-order chi connectivity index (χ0) is 11.6. The molecule has 1 aromatic carbocycles. The third-order valence-electron chi connectivity index (χ3n) is 2.45. The van der Waals surface area contributed by atoms with Crippen molar-refractivity contribution in [2.24, 2.45) is 0 Å². The summed E-state index contributed by atoms with van der Waals surface area (Å²) >= 11 is 0. The van der Waals surface area contributed by atoms with Crippen LogP contribution in [0, 0.1) is 0 Å². The monoisotopic (exact) mass is 242 g/mol. The summed E-state index contributed by atoms with van der Waals surface area (Å²) in [4.78, 5) is 0. The summed E-state index contributed by atoms with van der Waals surface area (Å²) < 4.78 is 32.4. The second-order valence-corrected chi connectivity index (χ2v) is 5.21. The summed E-state index contributed by atoms with van der Waals surface area (Å²) in [6.07, 6.45) is 0.802. The van der Waals surface area contributed by atoms with Crippen molar-refractivity contribution < 1.29 is 13.2 Å². The number of hydrogen-bond donors (Lipinski definition) is 1. The second-order valence-electron chi connectivity index (χ2n) is 3.53. The Bertz CT molecular complexity index is 473. The Hall–Kier alpha value is -1.27. The third kappa shape index (κ3) is 2.12. The molecular weight excluding hydrogens is 228 g/mol. The van der Waals surface area contributed by atoms with Crippen LogP contribution in [0.3, 0.4) is 0 Å². The van der Waals surface area contributed by atoms with Gasteiger partial charge in [-0.15, -0.1) is 0 Å². The molecule has 1 aliphatic heterocycles. The summed E-state index contributed by atoms with van der Waals surface area (Å²) in [5, 5.41) is 0. The Morgan fingerprint density at radius 1 is 1.44 bits per heavy atom. The molecule has 0 aliphatic carbocycles. The highest BCUT2D eigenvalue weighted by molar-refractivity contribution is 7.90. The zero-order valence-corrected chi connectivity index (χ0v) is 9.83. The quantitative estimate of drug-likeness (QED) is 0.832. The molecule has 5 nitrogen and oxygen atoms in total. The van der Waals surface area contributed by atoms with Gasteiger partial charge in [0.05, 0.1) is 12.8 Å². The zero-order valence-electron chi connectivity index (χ0n) is 9.01. The number of nitrogens with zero attached hydrogens (tertiary/aromatic N) is 1. The van der Waals surface area contributed by atoms with Crippen LogP contribution in [-0.4, -0.2) is 28.6 Å². The van der Waals surface area contributed by atoms with E-state index in [4.69, 9.17) is 4.74 Å². The maximum atomic E-state index is 11.8. The number of hydrogen-bond acceptors (Lipinski definition) is 3. The van der Waals surface area contributed by atoms with E-state index in [0.717, 1.165) is 6.42 Å².